The molecular weight excluding hydrogens is 340 g/mol. The molecule has 1 aromatic heterocycles. The van der Waals surface area contributed by atoms with Crippen molar-refractivity contribution >= 4 is 26.8 Å². The van der Waals surface area contributed by atoms with Crippen molar-refractivity contribution in [2.75, 3.05) is 0 Å². The number of rotatable bonds is 2. The van der Waals surface area contributed by atoms with Crippen molar-refractivity contribution in [3.63, 3.8) is 0 Å². The molecule has 1 unspecified atom stereocenters. The van der Waals surface area contributed by atoms with Gasteiger partial charge in [-0.05, 0) is 46.3 Å². The number of para-hydroxylation sites is 1. The van der Waals surface area contributed by atoms with Gasteiger partial charge in [-0.1, -0.05) is 18.2 Å². The Hall–Kier alpha value is -1.85. The van der Waals surface area contributed by atoms with Crippen LogP contribution in [-0.4, -0.2) is 10.1 Å². The lowest BCUT2D eigenvalue weighted by Gasteiger charge is -2.14. The van der Waals surface area contributed by atoms with Crippen molar-refractivity contribution in [1.82, 2.24) is 4.98 Å². The van der Waals surface area contributed by atoms with Crippen molar-refractivity contribution in [3.05, 3.63) is 75.9 Å². The van der Waals surface area contributed by atoms with Crippen LogP contribution in [0, 0.1) is 11.6 Å². The Morgan fingerprint density at radius 2 is 1.81 bits per heavy atom. The molecule has 1 heterocycles. The first-order chi connectivity index (χ1) is 10.1. The third-order valence-corrected chi connectivity index (χ3v) is 3.85. The second-order valence-corrected chi connectivity index (χ2v) is 5.47. The van der Waals surface area contributed by atoms with Gasteiger partial charge < -0.3 is 5.11 Å². The van der Waals surface area contributed by atoms with Crippen LogP contribution in [0.15, 0.2) is 53.0 Å². The molecule has 0 aliphatic heterocycles. The monoisotopic (exact) mass is 349 g/mol. The molecule has 0 spiro atoms. The maximum absolute atomic E-state index is 13.8. The molecule has 2 aromatic carbocycles. The van der Waals surface area contributed by atoms with E-state index in [1.165, 1.54) is 0 Å². The largest absolute Gasteiger partial charge is 0.382 e. The number of hydrogen-bond donors (Lipinski definition) is 1. The minimum atomic E-state index is -1.35. The lowest BCUT2D eigenvalue weighted by Crippen LogP contribution is -2.06. The molecular formula is C16H10BrF2NO. The van der Waals surface area contributed by atoms with Gasteiger partial charge in [0.15, 0.2) is 0 Å². The second-order valence-electron chi connectivity index (χ2n) is 4.62. The lowest BCUT2D eigenvalue weighted by molar-refractivity contribution is 0.209. The zero-order valence-corrected chi connectivity index (χ0v) is 12.3. The highest BCUT2D eigenvalue weighted by Crippen LogP contribution is 2.31. The fourth-order valence-electron chi connectivity index (χ4n) is 2.17. The van der Waals surface area contributed by atoms with Gasteiger partial charge in [-0.2, -0.15) is 0 Å². The first kappa shape index (κ1) is 14.1. The maximum Gasteiger partial charge on any atom is 0.129 e. The highest BCUT2D eigenvalue weighted by atomic mass is 79.9. The highest BCUT2D eigenvalue weighted by Gasteiger charge is 2.20. The smallest absolute Gasteiger partial charge is 0.129 e. The fourth-order valence-corrected chi connectivity index (χ4v) is 2.72. The molecule has 21 heavy (non-hydrogen) atoms. The Morgan fingerprint density at radius 1 is 1.05 bits per heavy atom. The molecule has 5 heteroatoms. The summed E-state index contributed by atoms with van der Waals surface area (Å²) in [5.41, 5.74) is 0.781. The Labute approximate surface area is 128 Å². The number of pyridine rings is 1. The third kappa shape index (κ3) is 2.66. The predicted molar refractivity (Wildman–Crippen MR) is 79.9 cm³/mol. The molecule has 0 aliphatic rings. The summed E-state index contributed by atoms with van der Waals surface area (Å²) in [5, 5.41) is 11.2. The number of aliphatic hydroxyl groups excluding tert-OH is 1. The Balaban J connectivity index is 2.14. The quantitative estimate of drug-likeness (QED) is 0.745. The second kappa shape index (κ2) is 5.50. The van der Waals surface area contributed by atoms with Crippen LogP contribution in [0.5, 0.6) is 0 Å². The van der Waals surface area contributed by atoms with Gasteiger partial charge in [0.25, 0.3) is 0 Å². The van der Waals surface area contributed by atoms with Gasteiger partial charge in [-0.15, -0.1) is 0 Å². The average molecular weight is 350 g/mol. The normalized spacial score (nSPS) is 12.6. The highest BCUT2D eigenvalue weighted by molar-refractivity contribution is 9.10. The number of aromatic nitrogens is 1. The van der Waals surface area contributed by atoms with E-state index in [0.29, 0.717) is 9.99 Å². The molecule has 3 aromatic rings. The molecule has 106 valence electrons. The van der Waals surface area contributed by atoms with E-state index in [9.17, 15) is 13.9 Å². The molecule has 2 nitrogen and oxygen atoms in total. The molecule has 0 radical (unpaired) electrons. The zero-order chi connectivity index (χ0) is 15.0. The van der Waals surface area contributed by atoms with Crippen LogP contribution in [0.1, 0.15) is 17.4 Å². The van der Waals surface area contributed by atoms with Crippen LogP contribution in [0.2, 0.25) is 0 Å². The van der Waals surface area contributed by atoms with E-state index < -0.39 is 17.7 Å². The van der Waals surface area contributed by atoms with E-state index in [2.05, 4.69) is 20.9 Å². The minimum Gasteiger partial charge on any atom is -0.382 e. The Kier molecular flexibility index (Phi) is 3.69. The summed E-state index contributed by atoms with van der Waals surface area (Å²) < 4.78 is 27.6. The topological polar surface area (TPSA) is 33.1 Å². The van der Waals surface area contributed by atoms with E-state index in [0.717, 1.165) is 23.6 Å². The number of benzene rings is 2. The van der Waals surface area contributed by atoms with Gasteiger partial charge in [0.05, 0.1) is 11.2 Å². The van der Waals surface area contributed by atoms with Crippen LogP contribution >= 0.6 is 15.9 Å². The third-order valence-electron chi connectivity index (χ3n) is 3.22. The van der Waals surface area contributed by atoms with Crippen LogP contribution < -0.4 is 0 Å². The number of fused-ring (bicyclic) bond motifs is 1. The van der Waals surface area contributed by atoms with E-state index >= 15 is 0 Å². The van der Waals surface area contributed by atoms with Crippen LogP contribution in [0.4, 0.5) is 8.78 Å². The first-order valence-corrected chi connectivity index (χ1v) is 7.04. The van der Waals surface area contributed by atoms with Crippen molar-refractivity contribution in [3.8, 4) is 0 Å². The lowest BCUT2D eigenvalue weighted by atomic mass is 10.0. The van der Waals surface area contributed by atoms with Gasteiger partial charge >= 0.3 is 0 Å². The standard InChI is InChI=1S/C16H10BrF2NO/c17-12-7-9-3-1-2-4-14(9)20-15(12)16(21)11-8-10(18)5-6-13(11)19/h1-8,16,21H. The molecule has 3 rings (SSSR count). The molecule has 0 saturated heterocycles. The number of hydrogen-bond acceptors (Lipinski definition) is 2. The van der Waals surface area contributed by atoms with E-state index in [4.69, 9.17) is 0 Å². The SMILES string of the molecule is OC(c1cc(F)ccc1F)c1nc2ccccc2cc1Br. The summed E-state index contributed by atoms with van der Waals surface area (Å²) in [6, 6.07) is 12.1. The van der Waals surface area contributed by atoms with E-state index in [-0.39, 0.29) is 11.3 Å². The van der Waals surface area contributed by atoms with E-state index in [1.54, 1.807) is 12.1 Å². The fraction of sp³-hybridized carbons (Fsp3) is 0.0625. The summed E-state index contributed by atoms with van der Waals surface area (Å²) >= 11 is 3.32. The Bertz CT molecular complexity index is 822. The predicted octanol–water partition coefficient (Wildman–Crippen LogP) is 4.36. The van der Waals surface area contributed by atoms with Crippen LogP contribution in [0.3, 0.4) is 0 Å². The van der Waals surface area contributed by atoms with Gasteiger partial charge in [0.1, 0.15) is 17.7 Å². The van der Waals surface area contributed by atoms with Crippen molar-refractivity contribution in [1.29, 1.82) is 0 Å². The number of aliphatic hydroxyl groups is 1. The van der Waals surface area contributed by atoms with E-state index in [1.807, 2.05) is 18.2 Å². The molecule has 0 saturated carbocycles. The van der Waals surface area contributed by atoms with Crippen molar-refractivity contribution in [2.45, 2.75) is 6.10 Å². The summed E-state index contributed by atoms with van der Waals surface area (Å²) in [7, 11) is 0. The number of halogens is 3. The van der Waals surface area contributed by atoms with Gasteiger partial charge in [-0.3, -0.25) is 0 Å². The van der Waals surface area contributed by atoms with Gasteiger partial charge in [0, 0.05) is 15.4 Å². The Morgan fingerprint density at radius 3 is 2.62 bits per heavy atom. The summed E-state index contributed by atoms with van der Waals surface area (Å²) in [5.74, 6) is -1.28. The molecule has 0 bridgehead atoms. The maximum atomic E-state index is 13.8. The molecule has 0 fully saturated rings. The van der Waals surface area contributed by atoms with Crippen molar-refractivity contribution < 1.29 is 13.9 Å². The van der Waals surface area contributed by atoms with Gasteiger partial charge in [-0.25, -0.2) is 13.8 Å². The van der Waals surface area contributed by atoms with Gasteiger partial charge in [0.2, 0.25) is 0 Å². The summed E-state index contributed by atoms with van der Waals surface area (Å²) in [6.07, 6.45) is -1.35. The van der Waals surface area contributed by atoms with Crippen LogP contribution in [-0.2, 0) is 0 Å². The minimum absolute atomic E-state index is 0.140. The van der Waals surface area contributed by atoms with Crippen LogP contribution in [0.25, 0.3) is 10.9 Å². The molecule has 1 atom stereocenters. The first-order valence-electron chi connectivity index (χ1n) is 6.24. The average Bonchev–Trinajstić information content (AvgIpc) is 2.48. The zero-order valence-electron chi connectivity index (χ0n) is 10.7. The van der Waals surface area contributed by atoms with Crippen molar-refractivity contribution in [2.24, 2.45) is 0 Å². The summed E-state index contributed by atoms with van der Waals surface area (Å²) in [4.78, 5) is 4.34. The molecule has 0 aliphatic carbocycles. The molecule has 0 amide bonds. The summed E-state index contributed by atoms with van der Waals surface area (Å²) in [6.45, 7) is 0. The molecule has 1 N–H and O–H groups in total. The number of nitrogens with zero attached hydrogens (tertiary/aromatic N) is 1.